The number of amidine groups is 1. The molecule has 0 bridgehead atoms. The van der Waals surface area contributed by atoms with Crippen LogP contribution in [0.4, 0.5) is 5.95 Å². The van der Waals surface area contributed by atoms with Gasteiger partial charge >= 0.3 is 0 Å². The molecular weight excluding hydrogens is 266 g/mol. The molecule has 2 rings (SSSR count). The lowest BCUT2D eigenvalue weighted by molar-refractivity contribution is 0.318. The number of benzene rings is 1. The molecule has 0 aliphatic rings. The predicted molar refractivity (Wildman–Crippen MR) is 82.6 cm³/mol. The minimum absolute atomic E-state index is 0.0992. The van der Waals surface area contributed by atoms with Crippen molar-refractivity contribution in [3.8, 4) is 0 Å². The van der Waals surface area contributed by atoms with E-state index >= 15 is 0 Å². The van der Waals surface area contributed by atoms with E-state index in [0.29, 0.717) is 18.1 Å². The lowest BCUT2D eigenvalue weighted by atomic mass is 10.1. The number of nitrogens with zero attached hydrogens (tertiary/aromatic N) is 4. The molecule has 0 unspecified atom stereocenters. The van der Waals surface area contributed by atoms with E-state index in [-0.39, 0.29) is 5.84 Å². The van der Waals surface area contributed by atoms with Gasteiger partial charge in [-0.1, -0.05) is 23.4 Å². The van der Waals surface area contributed by atoms with Crippen LogP contribution in [0.25, 0.3) is 0 Å². The molecule has 0 saturated carbocycles. The van der Waals surface area contributed by atoms with Crippen molar-refractivity contribution in [2.75, 3.05) is 11.9 Å². The topological polar surface area (TPSA) is 87.6 Å². The van der Waals surface area contributed by atoms with Gasteiger partial charge in [0.2, 0.25) is 5.95 Å². The Balaban J connectivity index is 2.21. The maximum atomic E-state index is 8.73. The van der Waals surface area contributed by atoms with Crippen molar-refractivity contribution >= 4 is 11.8 Å². The summed E-state index contributed by atoms with van der Waals surface area (Å²) in [6.07, 6.45) is 0. The van der Waals surface area contributed by atoms with Crippen LogP contribution in [0.3, 0.4) is 0 Å². The van der Waals surface area contributed by atoms with Crippen LogP contribution >= 0.6 is 0 Å². The van der Waals surface area contributed by atoms with Gasteiger partial charge < -0.3 is 15.8 Å². The summed E-state index contributed by atoms with van der Waals surface area (Å²) in [4.78, 5) is 10.8. The van der Waals surface area contributed by atoms with Crippen LogP contribution in [0.1, 0.15) is 22.5 Å². The lowest BCUT2D eigenvalue weighted by Gasteiger charge is -2.18. The van der Waals surface area contributed by atoms with Gasteiger partial charge in [-0.15, -0.1) is 0 Å². The van der Waals surface area contributed by atoms with Crippen LogP contribution in [0, 0.1) is 13.8 Å². The first-order valence-corrected chi connectivity index (χ1v) is 6.60. The van der Waals surface area contributed by atoms with Crippen molar-refractivity contribution in [3.05, 3.63) is 52.8 Å². The second-order valence-corrected chi connectivity index (χ2v) is 4.99. The van der Waals surface area contributed by atoms with Crippen LogP contribution in [0.15, 0.2) is 35.5 Å². The van der Waals surface area contributed by atoms with Crippen molar-refractivity contribution < 1.29 is 5.21 Å². The van der Waals surface area contributed by atoms with E-state index in [4.69, 9.17) is 10.9 Å². The Morgan fingerprint density at radius 2 is 1.90 bits per heavy atom. The first kappa shape index (κ1) is 14.8. The Kier molecular flexibility index (Phi) is 4.37. The van der Waals surface area contributed by atoms with Gasteiger partial charge in [-0.2, -0.15) is 0 Å². The Hall–Kier alpha value is -2.63. The summed E-state index contributed by atoms with van der Waals surface area (Å²) in [6, 6.07) is 9.47. The third kappa shape index (κ3) is 3.68. The minimum atomic E-state index is 0.0992. The fourth-order valence-electron chi connectivity index (χ4n) is 2.11. The summed E-state index contributed by atoms with van der Waals surface area (Å²) in [5, 5.41) is 11.7. The number of anilines is 1. The van der Waals surface area contributed by atoms with Crippen molar-refractivity contribution in [2.24, 2.45) is 10.9 Å². The van der Waals surface area contributed by atoms with E-state index in [1.165, 1.54) is 0 Å². The molecule has 0 atom stereocenters. The Labute approximate surface area is 123 Å². The van der Waals surface area contributed by atoms with Crippen LogP contribution in [-0.2, 0) is 6.54 Å². The van der Waals surface area contributed by atoms with Gasteiger partial charge in [-0.05, 0) is 31.5 Å². The van der Waals surface area contributed by atoms with E-state index < -0.39 is 0 Å². The molecule has 0 aliphatic heterocycles. The number of aromatic nitrogens is 2. The molecule has 0 fully saturated rings. The van der Waals surface area contributed by atoms with Crippen LogP contribution in [0.5, 0.6) is 0 Å². The van der Waals surface area contributed by atoms with Gasteiger partial charge in [0.25, 0.3) is 0 Å². The fraction of sp³-hybridized carbons (Fsp3) is 0.267. The number of oxime groups is 1. The quantitative estimate of drug-likeness (QED) is 0.387. The third-order valence-corrected chi connectivity index (χ3v) is 3.06. The Morgan fingerprint density at radius 3 is 2.52 bits per heavy atom. The van der Waals surface area contributed by atoms with E-state index in [9.17, 15) is 0 Å². The molecule has 6 heteroatoms. The van der Waals surface area contributed by atoms with E-state index in [1.54, 1.807) is 6.07 Å². The standard InChI is InChI=1S/C15H19N5O/c1-10-7-11(2)18-15(17-10)20(3)9-12-5-4-6-13(8-12)14(16)19-21/h4-8,21H,9H2,1-3H3,(H2,16,19). The zero-order valence-electron chi connectivity index (χ0n) is 12.4. The molecule has 0 aliphatic carbocycles. The lowest BCUT2D eigenvalue weighted by Crippen LogP contribution is -2.20. The summed E-state index contributed by atoms with van der Waals surface area (Å²) in [5.41, 5.74) is 9.20. The van der Waals surface area contributed by atoms with E-state index in [2.05, 4.69) is 15.1 Å². The van der Waals surface area contributed by atoms with Crippen molar-refractivity contribution in [1.29, 1.82) is 0 Å². The smallest absolute Gasteiger partial charge is 0.225 e. The molecule has 1 aromatic heterocycles. The molecule has 6 nitrogen and oxygen atoms in total. The van der Waals surface area contributed by atoms with Gasteiger partial charge in [-0.25, -0.2) is 9.97 Å². The van der Waals surface area contributed by atoms with Crippen LogP contribution in [-0.4, -0.2) is 28.1 Å². The number of hydrogen-bond acceptors (Lipinski definition) is 5. The highest BCUT2D eigenvalue weighted by atomic mass is 16.4. The highest BCUT2D eigenvalue weighted by Crippen LogP contribution is 2.13. The molecule has 110 valence electrons. The molecule has 1 aromatic carbocycles. The number of nitrogens with two attached hydrogens (primary N) is 1. The second kappa shape index (κ2) is 6.21. The average Bonchev–Trinajstić information content (AvgIpc) is 2.45. The highest BCUT2D eigenvalue weighted by Gasteiger charge is 2.08. The summed E-state index contributed by atoms with van der Waals surface area (Å²) < 4.78 is 0. The zero-order chi connectivity index (χ0) is 15.4. The first-order chi connectivity index (χ1) is 9.99. The molecule has 0 spiro atoms. The van der Waals surface area contributed by atoms with E-state index in [0.717, 1.165) is 17.0 Å². The van der Waals surface area contributed by atoms with Gasteiger partial charge in [0, 0.05) is 30.5 Å². The second-order valence-electron chi connectivity index (χ2n) is 4.99. The molecule has 3 N–H and O–H groups in total. The molecule has 0 saturated heterocycles. The summed E-state index contributed by atoms with van der Waals surface area (Å²) in [7, 11) is 1.93. The number of aryl methyl sites for hydroxylation is 2. The molecule has 0 amide bonds. The summed E-state index contributed by atoms with van der Waals surface area (Å²) in [5.74, 6) is 0.781. The Morgan fingerprint density at radius 1 is 1.24 bits per heavy atom. The third-order valence-electron chi connectivity index (χ3n) is 3.06. The van der Waals surface area contributed by atoms with Gasteiger partial charge in [0.1, 0.15) is 0 Å². The molecule has 2 aromatic rings. The van der Waals surface area contributed by atoms with Crippen molar-refractivity contribution in [1.82, 2.24) is 9.97 Å². The number of hydrogen-bond donors (Lipinski definition) is 2. The summed E-state index contributed by atoms with van der Waals surface area (Å²) in [6.45, 7) is 4.53. The molecular formula is C15H19N5O. The highest BCUT2D eigenvalue weighted by molar-refractivity contribution is 5.97. The van der Waals surface area contributed by atoms with Crippen molar-refractivity contribution in [2.45, 2.75) is 20.4 Å². The maximum absolute atomic E-state index is 8.73. The zero-order valence-corrected chi connectivity index (χ0v) is 12.4. The predicted octanol–water partition coefficient (Wildman–Crippen LogP) is 1.82. The average molecular weight is 285 g/mol. The normalized spacial score (nSPS) is 11.5. The van der Waals surface area contributed by atoms with Gasteiger partial charge in [0.15, 0.2) is 5.84 Å². The maximum Gasteiger partial charge on any atom is 0.225 e. The number of rotatable bonds is 4. The van der Waals surface area contributed by atoms with Crippen LogP contribution in [0.2, 0.25) is 0 Å². The SMILES string of the molecule is Cc1cc(C)nc(N(C)Cc2cccc(C(N)=NO)c2)n1. The first-order valence-electron chi connectivity index (χ1n) is 6.60. The molecule has 21 heavy (non-hydrogen) atoms. The monoisotopic (exact) mass is 285 g/mol. The van der Waals surface area contributed by atoms with Gasteiger partial charge in [-0.3, -0.25) is 0 Å². The van der Waals surface area contributed by atoms with E-state index in [1.807, 2.05) is 50.1 Å². The Bertz CT molecular complexity index is 649. The largest absolute Gasteiger partial charge is 0.409 e. The molecule has 0 radical (unpaired) electrons. The molecule has 1 heterocycles. The summed E-state index contributed by atoms with van der Waals surface area (Å²) >= 11 is 0. The van der Waals surface area contributed by atoms with Crippen LogP contribution < -0.4 is 10.6 Å². The fourth-order valence-corrected chi connectivity index (χ4v) is 2.11. The minimum Gasteiger partial charge on any atom is -0.409 e. The van der Waals surface area contributed by atoms with Crippen molar-refractivity contribution in [3.63, 3.8) is 0 Å². The van der Waals surface area contributed by atoms with Gasteiger partial charge in [0.05, 0.1) is 0 Å².